The van der Waals surface area contributed by atoms with Crippen molar-refractivity contribution in [1.82, 2.24) is 0 Å². The fourth-order valence-corrected chi connectivity index (χ4v) is 25.5. The molecule has 0 N–H and O–H groups in total. The summed E-state index contributed by atoms with van der Waals surface area (Å²) in [7, 11) is 0. The van der Waals surface area contributed by atoms with Gasteiger partial charge in [-0.25, -0.2) is 0 Å². The molecule has 0 radical (unpaired) electrons. The minimum atomic E-state index is -0.264. The molecule has 0 heterocycles. The first-order chi connectivity index (χ1) is 62.8. The lowest BCUT2D eigenvalue weighted by Crippen LogP contribution is -2.25. The van der Waals surface area contributed by atoms with Crippen LogP contribution in [0.3, 0.4) is 0 Å². The molecular weight excluding hydrogens is 1550 g/mol. The molecule has 6 aliphatic carbocycles. The molecule has 0 amide bonds. The highest BCUT2D eigenvalue weighted by atomic mass is 15.1. The zero-order valence-electron chi connectivity index (χ0n) is 79.7. The molecule has 1 nitrogen and oxygen atoms in total. The average Bonchev–Trinajstić information content (AvgIpc) is 1.54. The molecule has 129 heavy (non-hydrogen) atoms. The van der Waals surface area contributed by atoms with Gasteiger partial charge in [-0.1, -0.05) is 425 Å². The van der Waals surface area contributed by atoms with Gasteiger partial charge in [0.2, 0.25) is 0 Å². The topological polar surface area (TPSA) is 3.24 Å². The van der Waals surface area contributed by atoms with Crippen molar-refractivity contribution in [3.05, 3.63) is 340 Å². The van der Waals surface area contributed by atoms with Crippen LogP contribution in [0, 0.1) is 0 Å². The summed E-state index contributed by atoms with van der Waals surface area (Å²) in [6, 6.07) is 109. The van der Waals surface area contributed by atoms with E-state index in [1.807, 2.05) is 0 Å². The highest BCUT2D eigenvalue weighted by molar-refractivity contribution is 6.04. The first kappa shape index (κ1) is 86.2. The summed E-state index contributed by atoms with van der Waals surface area (Å²) in [4.78, 5) is 2.52. The Morgan fingerprint density at radius 2 is 0.457 bits per heavy atom. The van der Waals surface area contributed by atoms with Crippen LogP contribution in [0.1, 0.15) is 330 Å². The second-order valence-electron chi connectivity index (χ2n) is 42.2. The molecule has 14 aromatic carbocycles. The van der Waals surface area contributed by atoms with E-state index in [0.717, 1.165) is 17.1 Å². The van der Waals surface area contributed by atoms with Crippen LogP contribution in [-0.2, 0) is 32.5 Å². The van der Waals surface area contributed by atoms with Crippen molar-refractivity contribution in [3.8, 4) is 111 Å². The van der Waals surface area contributed by atoms with Gasteiger partial charge in [0.1, 0.15) is 0 Å². The van der Waals surface area contributed by atoms with Crippen LogP contribution < -0.4 is 4.90 Å². The summed E-state index contributed by atoms with van der Waals surface area (Å²) in [5, 5.41) is 2.64. The standard InChI is InChI=1S/C128H137N/c1-13-17-21-25-29-39-73-127(74-40-30-26-22-18-14-2)110-47-37-35-45-99(110)105-69-57-93(81-120(105)127)91-55-67-103-101-65-53-89(77-113(101)124(7,8)115(103)79-91)86-49-60-95(61-50-86)129(97-64-71-107-108-84-119-109(85-118(108)126(11,12)117(107)83-97)122-98-44-34-33-43-88(98)59-72-112(122)123(119,5)6)96-62-51-87(52-63-96)90-54-66-102-104-68-56-92(80-116(104)125(9,10)114(102)78-90)94-58-70-106-100-46-36-38-48-111(100)128(121(106)82-94,75-41-31-27-23-19-15-3)76-42-32-28-24-20-16-4/h33-38,43-72,77-85H,13-32,39-42,73-76H2,1-12H3. The van der Waals surface area contributed by atoms with Gasteiger partial charge in [-0.05, 0) is 299 Å². The first-order valence-electron chi connectivity index (χ1n) is 50.8. The van der Waals surface area contributed by atoms with Crippen LogP contribution in [-0.4, -0.2) is 0 Å². The molecule has 654 valence electrons. The zero-order valence-corrected chi connectivity index (χ0v) is 79.7. The molecule has 0 atom stereocenters. The van der Waals surface area contributed by atoms with E-state index in [1.165, 1.54) is 346 Å². The van der Waals surface area contributed by atoms with Crippen molar-refractivity contribution in [2.24, 2.45) is 0 Å². The van der Waals surface area contributed by atoms with E-state index < -0.39 is 0 Å². The monoisotopic (exact) mass is 1690 g/mol. The third kappa shape index (κ3) is 15.0. The number of benzene rings is 14. The average molecular weight is 1690 g/mol. The largest absolute Gasteiger partial charge is 0.310 e. The number of hydrogen-bond donors (Lipinski definition) is 0. The predicted molar refractivity (Wildman–Crippen MR) is 555 cm³/mol. The lowest BCUT2D eigenvalue weighted by Gasteiger charge is -2.33. The maximum atomic E-state index is 2.65. The number of hydrogen-bond acceptors (Lipinski definition) is 1. The van der Waals surface area contributed by atoms with Crippen LogP contribution in [0.4, 0.5) is 17.1 Å². The van der Waals surface area contributed by atoms with Gasteiger partial charge in [-0.15, -0.1) is 0 Å². The molecule has 0 aromatic heterocycles. The Morgan fingerprint density at radius 3 is 0.860 bits per heavy atom. The maximum Gasteiger partial charge on any atom is 0.0465 e. The van der Waals surface area contributed by atoms with Crippen molar-refractivity contribution < 1.29 is 0 Å². The van der Waals surface area contributed by atoms with Crippen LogP contribution >= 0.6 is 0 Å². The third-order valence-corrected chi connectivity index (χ3v) is 32.9. The highest BCUT2D eigenvalue weighted by Gasteiger charge is 2.47. The van der Waals surface area contributed by atoms with Gasteiger partial charge in [0.15, 0.2) is 0 Å². The molecule has 20 rings (SSSR count). The fraction of sp³-hybridized carbons (Fsp3) is 0.359. The summed E-state index contributed by atoms with van der Waals surface area (Å²) >= 11 is 0. The Balaban J connectivity index is 0.611. The lowest BCUT2D eigenvalue weighted by molar-refractivity contribution is 0.398. The quantitative estimate of drug-likeness (QED) is 0.0358. The molecule has 0 bridgehead atoms. The summed E-state index contributed by atoms with van der Waals surface area (Å²) < 4.78 is 0. The van der Waals surface area contributed by atoms with Gasteiger partial charge in [0, 0.05) is 49.6 Å². The molecule has 14 aromatic rings. The number of fused-ring (bicyclic) bond motifs is 20. The molecule has 0 unspecified atom stereocenters. The second kappa shape index (κ2) is 35.1. The number of anilines is 3. The smallest absolute Gasteiger partial charge is 0.0465 e. The summed E-state index contributed by atoms with van der Waals surface area (Å²) in [5.41, 5.74) is 47.2. The van der Waals surface area contributed by atoms with Crippen LogP contribution in [0.15, 0.2) is 273 Å². The maximum absolute atomic E-state index is 2.65. The normalized spacial score (nSPS) is 15.4. The van der Waals surface area contributed by atoms with Crippen molar-refractivity contribution in [1.29, 1.82) is 0 Å². The van der Waals surface area contributed by atoms with E-state index in [4.69, 9.17) is 0 Å². The van der Waals surface area contributed by atoms with Crippen molar-refractivity contribution in [3.63, 3.8) is 0 Å². The van der Waals surface area contributed by atoms with Crippen molar-refractivity contribution in [2.75, 3.05) is 4.90 Å². The summed E-state index contributed by atoms with van der Waals surface area (Å²) in [6.07, 6.45) is 36.6. The summed E-state index contributed by atoms with van der Waals surface area (Å²) in [5.74, 6) is 0. The SMILES string of the molecule is CCCCCCCCC1(CCCCCCCC)c2ccccc2-c2ccc(-c3ccc4c(c3)C(C)(C)c3cc(-c5ccc(N(c6ccc(-c7ccc8c(c7)C(C)(C)c7cc(-c9ccc%10c(c9)C(CCCCCCCC)(CCCCCCCC)c9ccccc9-%10)ccc7-8)cc6)c6ccc7c(c6)C(C)(C)c6cc8c(cc6-7)C(C)(C)c6ccc7ccccc7c6-8)cc5)ccc3-4)cc21. The Kier molecular flexibility index (Phi) is 23.5. The number of unbranched alkanes of at least 4 members (excludes halogenated alkanes) is 20. The highest BCUT2D eigenvalue weighted by Crippen LogP contribution is 2.62. The Hall–Kier alpha value is -10.9. The van der Waals surface area contributed by atoms with Crippen molar-refractivity contribution in [2.45, 2.75) is 295 Å². The molecule has 0 saturated heterocycles. The number of nitrogens with zero attached hydrogens (tertiary/aromatic N) is 1. The molecule has 6 aliphatic rings. The van der Waals surface area contributed by atoms with E-state index >= 15 is 0 Å². The van der Waals surface area contributed by atoms with E-state index in [0.29, 0.717) is 0 Å². The van der Waals surface area contributed by atoms with Crippen LogP contribution in [0.25, 0.3) is 122 Å². The van der Waals surface area contributed by atoms with Gasteiger partial charge < -0.3 is 4.90 Å². The predicted octanol–water partition coefficient (Wildman–Crippen LogP) is 37.7. The molecule has 0 spiro atoms. The van der Waals surface area contributed by atoms with Gasteiger partial charge in [0.05, 0.1) is 0 Å². The second-order valence-corrected chi connectivity index (χ2v) is 42.2. The molecule has 1 heteroatoms. The minimum Gasteiger partial charge on any atom is -0.310 e. The van der Waals surface area contributed by atoms with E-state index in [1.54, 1.807) is 22.3 Å². The Morgan fingerprint density at radius 1 is 0.186 bits per heavy atom. The Bertz CT molecular complexity index is 6240. The van der Waals surface area contributed by atoms with E-state index in [2.05, 4.69) is 361 Å². The van der Waals surface area contributed by atoms with Crippen molar-refractivity contribution >= 4 is 27.8 Å². The van der Waals surface area contributed by atoms with E-state index in [-0.39, 0.29) is 32.5 Å². The molecule has 0 fully saturated rings. The van der Waals surface area contributed by atoms with Crippen LogP contribution in [0.5, 0.6) is 0 Å². The minimum absolute atomic E-state index is 0.0384. The van der Waals surface area contributed by atoms with Crippen LogP contribution in [0.2, 0.25) is 0 Å². The molecule has 0 saturated carbocycles. The molecule has 0 aliphatic heterocycles. The lowest BCUT2D eigenvalue weighted by atomic mass is 9.70. The van der Waals surface area contributed by atoms with Gasteiger partial charge in [-0.2, -0.15) is 0 Å². The van der Waals surface area contributed by atoms with Gasteiger partial charge >= 0.3 is 0 Å². The first-order valence-corrected chi connectivity index (χ1v) is 50.8. The number of rotatable bonds is 35. The zero-order chi connectivity index (χ0) is 88.6. The Labute approximate surface area is 773 Å². The van der Waals surface area contributed by atoms with Gasteiger partial charge in [0.25, 0.3) is 0 Å². The van der Waals surface area contributed by atoms with Gasteiger partial charge in [-0.3, -0.25) is 0 Å². The third-order valence-electron chi connectivity index (χ3n) is 32.9. The fourth-order valence-electron chi connectivity index (χ4n) is 25.5. The molecular formula is C128H137N. The van der Waals surface area contributed by atoms with E-state index in [9.17, 15) is 0 Å². The summed E-state index contributed by atoms with van der Waals surface area (Å²) in [6.45, 7) is 29.0.